The molecule has 1 aromatic carbocycles. The van der Waals surface area contributed by atoms with Crippen LogP contribution in [0, 0.1) is 0 Å². The minimum absolute atomic E-state index is 0.109. The van der Waals surface area contributed by atoms with Crippen molar-refractivity contribution < 1.29 is 14.3 Å². The molecule has 0 spiro atoms. The highest BCUT2D eigenvalue weighted by atomic mass is 16.5. The van der Waals surface area contributed by atoms with Crippen LogP contribution in [-0.4, -0.2) is 43.7 Å². The third-order valence-corrected chi connectivity index (χ3v) is 4.01. The highest BCUT2D eigenvalue weighted by molar-refractivity contribution is 5.98. The van der Waals surface area contributed by atoms with Crippen molar-refractivity contribution in [2.24, 2.45) is 0 Å². The van der Waals surface area contributed by atoms with Gasteiger partial charge in [0.25, 0.3) is 11.8 Å². The number of hydrogen-bond donors (Lipinski definition) is 3. The molecule has 0 aliphatic carbocycles. The predicted molar refractivity (Wildman–Crippen MR) is 82.8 cm³/mol. The summed E-state index contributed by atoms with van der Waals surface area (Å²) in [5, 5.41) is 9.02. The number of nitrogens with one attached hydrogen (secondary N) is 3. The molecule has 118 valence electrons. The van der Waals surface area contributed by atoms with Gasteiger partial charge in [-0.1, -0.05) is 6.07 Å². The summed E-state index contributed by atoms with van der Waals surface area (Å²) in [5.41, 5.74) is 1.18. The molecule has 3 N–H and O–H groups in total. The summed E-state index contributed by atoms with van der Waals surface area (Å²) in [7, 11) is 0. The van der Waals surface area contributed by atoms with E-state index in [4.69, 9.17) is 4.74 Å². The fourth-order valence-corrected chi connectivity index (χ4v) is 2.79. The summed E-state index contributed by atoms with van der Waals surface area (Å²) in [5.74, 6) is -0.253. The molecule has 2 saturated heterocycles. The zero-order chi connectivity index (χ0) is 15.4. The second kappa shape index (κ2) is 6.89. The van der Waals surface area contributed by atoms with Gasteiger partial charge in [0.05, 0.1) is 0 Å². The van der Waals surface area contributed by atoms with Gasteiger partial charge in [-0.2, -0.15) is 0 Å². The van der Waals surface area contributed by atoms with Crippen molar-refractivity contribution in [2.75, 3.05) is 25.0 Å². The lowest BCUT2D eigenvalue weighted by Gasteiger charge is -2.13. The van der Waals surface area contributed by atoms with Crippen LogP contribution in [0.25, 0.3) is 0 Å². The molecule has 2 fully saturated rings. The topological polar surface area (TPSA) is 79.5 Å². The van der Waals surface area contributed by atoms with Crippen LogP contribution in [0.4, 0.5) is 5.69 Å². The third-order valence-electron chi connectivity index (χ3n) is 4.01. The number of hydrogen-bond acceptors (Lipinski definition) is 4. The average molecular weight is 303 g/mol. The van der Waals surface area contributed by atoms with Crippen LogP contribution >= 0.6 is 0 Å². The fourth-order valence-electron chi connectivity index (χ4n) is 2.79. The molecule has 2 aliphatic heterocycles. The minimum atomic E-state index is -0.373. The molecule has 0 radical (unpaired) electrons. The second-order valence-corrected chi connectivity index (χ2v) is 5.73. The molecule has 6 heteroatoms. The number of anilines is 1. The van der Waals surface area contributed by atoms with E-state index in [2.05, 4.69) is 16.0 Å². The largest absolute Gasteiger partial charge is 0.368 e. The second-order valence-electron chi connectivity index (χ2n) is 5.73. The van der Waals surface area contributed by atoms with Crippen LogP contribution < -0.4 is 16.0 Å². The predicted octanol–water partition coefficient (Wildman–Crippen LogP) is 0.896. The molecule has 1 aromatic rings. The summed E-state index contributed by atoms with van der Waals surface area (Å²) >= 11 is 0. The molecule has 0 aromatic heterocycles. The Balaban J connectivity index is 1.61. The van der Waals surface area contributed by atoms with Crippen LogP contribution in [0.2, 0.25) is 0 Å². The molecular weight excluding hydrogens is 282 g/mol. The van der Waals surface area contributed by atoms with Crippen molar-refractivity contribution in [1.29, 1.82) is 0 Å². The maximum atomic E-state index is 12.2. The van der Waals surface area contributed by atoms with Gasteiger partial charge in [-0.25, -0.2) is 0 Å². The Bertz CT molecular complexity index is 549. The molecular formula is C16H21N3O3. The number of rotatable bonds is 4. The molecule has 2 unspecified atom stereocenters. The van der Waals surface area contributed by atoms with Gasteiger partial charge < -0.3 is 20.7 Å². The number of benzene rings is 1. The molecule has 2 amide bonds. The summed E-state index contributed by atoms with van der Waals surface area (Å²) in [6.45, 7) is 2.37. The van der Waals surface area contributed by atoms with Gasteiger partial charge in [0.1, 0.15) is 6.10 Å². The molecule has 2 atom stereocenters. The van der Waals surface area contributed by atoms with Crippen molar-refractivity contribution in [1.82, 2.24) is 10.6 Å². The maximum absolute atomic E-state index is 12.2. The van der Waals surface area contributed by atoms with E-state index in [1.54, 1.807) is 24.3 Å². The van der Waals surface area contributed by atoms with Gasteiger partial charge in [-0.05, 0) is 44.0 Å². The Morgan fingerprint density at radius 1 is 1.27 bits per heavy atom. The quantitative estimate of drug-likeness (QED) is 0.772. The van der Waals surface area contributed by atoms with Gasteiger partial charge in [-0.15, -0.1) is 0 Å². The van der Waals surface area contributed by atoms with Gasteiger partial charge in [0, 0.05) is 30.4 Å². The first kappa shape index (κ1) is 15.0. The lowest BCUT2D eigenvalue weighted by atomic mass is 10.1. The van der Waals surface area contributed by atoms with Crippen molar-refractivity contribution in [3.8, 4) is 0 Å². The van der Waals surface area contributed by atoms with Crippen LogP contribution in [-0.2, 0) is 9.53 Å². The van der Waals surface area contributed by atoms with Crippen molar-refractivity contribution in [2.45, 2.75) is 31.4 Å². The Morgan fingerprint density at radius 3 is 2.91 bits per heavy atom. The highest BCUT2D eigenvalue weighted by Crippen LogP contribution is 2.16. The Kier molecular flexibility index (Phi) is 4.70. The molecule has 0 bridgehead atoms. The van der Waals surface area contributed by atoms with Gasteiger partial charge >= 0.3 is 0 Å². The first-order chi connectivity index (χ1) is 10.7. The zero-order valence-electron chi connectivity index (χ0n) is 12.4. The molecule has 6 nitrogen and oxygen atoms in total. The van der Waals surface area contributed by atoms with E-state index in [0.717, 1.165) is 32.4 Å². The van der Waals surface area contributed by atoms with E-state index in [-0.39, 0.29) is 24.0 Å². The average Bonchev–Trinajstić information content (AvgIpc) is 3.21. The molecule has 0 saturated carbocycles. The monoisotopic (exact) mass is 303 g/mol. The lowest BCUT2D eigenvalue weighted by molar-refractivity contribution is -0.124. The van der Waals surface area contributed by atoms with Crippen molar-refractivity contribution in [3.05, 3.63) is 29.8 Å². The maximum Gasteiger partial charge on any atom is 0.253 e. The number of carbonyl (C=O) groups is 2. The Labute approximate surface area is 129 Å². The molecule has 2 heterocycles. The van der Waals surface area contributed by atoms with Crippen LogP contribution in [0.15, 0.2) is 24.3 Å². The first-order valence-electron chi connectivity index (χ1n) is 7.76. The smallest absolute Gasteiger partial charge is 0.253 e. The van der Waals surface area contributed by atoms with Gasteiger partial charge in [0.15, 0.2) is 0 Å². The standard InChI is InChI=1S/C16H21N3O3/c20-15(19-13-6-7-17-10-13)11-3-1-4-12(9-11)18-16(21)14-5-2-8-22-14/h1,3-4,9,13-14,17H,2,5-8,10H2,(H,18,21)(H,19,20). The fraction of sp³-hybridized carbons (Fsp3) is 0.500. The summed E-state index contributed by atoms with van der Waals surface area (Å²) in [6.07, 6.45) is 2.24. The van der Waals surface area contributed by atoms with Crippen LogP contribution in [0.3, 0.4) is 0 Å². The van der Waals surface area contributed by atoms with Gasteiger partial charge in [-0.3, -0.25) is 9.59 Å². The number of amides is 2. The van der Waals surface area contributed by atoms with Crippen LogP contribution in [0.1, 0.15) is 29.6 Å². The summed E-state index contributed by atoms with van der Waals surface area (Å²) < 4.78 is 5.36. The Morgan fingerprint density at radius 2 is 2.18 bits per heavy atom. The van der Waals surface area contributed by atoms with E-state index in [0.29, 0.717) is 17.9 Å². The molecule has 22 heavy (non-hydrogen) atoms. The van der Waals surface area contributed by atoms with E-state index in [1.165, 1.54) is 0 Å². The molecule has 3 rings (SSSR count). The van der Waals surface area contributed by atoms with E-state index in [9.17, 15) is 9.59 Å². The van der Waals surface area contributed by atoms with E-state index >= 15 is 0 Å². The van der Waals surface area contributed by atoms with Crippen molar-refractivity contribution in [3.63, 3.8) is 0 Å². The lowest BCUT2D eigenvalue weighted by Crippen LogP contribution is -2.36. The third kappa shape index (κ3) is 3.64. The zero-order valence-corrected chi connectivity index (χ0v) is 12.4. The van der Waals surface area contributed by atoms with Crippen molar-refractivity contribution >= 4 is 17.5 Å². The van der Waals surface area contributed by atoms with E-state index < -0.39 is 0 Å². The highest BCUT2D eigenvalue weighted by Gasteiger charge is 2.24. The normalized spacial score (nSPS) is 24.2. The number of carbonyl (C=O) groups excluding carboxylic acids is 2. The van der Waals surface area contributed by atoms with Gasteiger partial charge in [0.2, 0.25) is 0 Å². The summed E-state index contributed by atoms with van der Waals surface area (Å²) in [4.78, 5) is 24.2. The van der Waals surface area contributed by atoms with Crippen LogP contribution in [0.5, 0.6) is 0 Å². The SMILES string of the molecule is O=C(NC1CCNC1)c1cccc(NC(=O)C2CCCO2)c1. The van der Waals surface area contributed by atoms with E-state index in [1.807, 2.05) is 0 Å². The number of ether oxygens (including phenoxy) is 1. The Hall–Kier alpha value is -1.92. The molecule has 2 aliphatic rings. The summed E-state index contributed by atoms with van der Waals surface area (Å²) in [6, 6.07) is 7.18. The first-order valence-corrected chi connectivity index (χ1v) is 7.76. The minimum Gasteiger partial charge on any atom is -0.368 e.